The summed E-state index contributed by atoms with van der Waals surface area (Å²) in [6, 6.07) is 7.04. The van der Waals surface area contributed by atoms with Crippen molar-refractivity contribution >= 4 is 35.3 Å². The molecule has 2 aromatic rings. The number of fused-ring (bicyclic) bond motifs is 6. The van der Waals surface area contributed by atoms with Gasteiger partial charge in [-0.15, -0.1) is 0 Å². The summed E-state index contributed by atoms with van der Waals surface area (Å²) in [5.41, 5.74) is 7.76. The van der Waals surface area contributed by atoms with E-state index in [1.165, 1.54) is 76.7 Å². The predicted octanol–water partition coefficient (Wildman–Crippen LogP) is 7.03. The molecule has 4 aliphatic rings. The Hall–Kier alpha value is -4.05. The van der Waals surface area contributed by atoms with Crippen molar-refractivity contribution in [3.63, 3.8) is 0 Å². The number of carboxylic acid groups (broad SMARTS) is 2. The zero-order chi connectivity index (χ0) is 46.3. The highest BCUT2D eigenvalue weighted by molar-refractivity contribution is 5.81. The van der Waals surface area contributed by atoms with Crippen molar-refractivity contribution in [1.29, 1.82) is 0 Å². The molecule has 0 saturated heterocycles. The number of nitrogens with two attached hydrogens (primary N) is 1. The maximum Gasteiger partial charge on any atom is 0.336 e. The fourth-order valence-corrected chi connectivity index (χ4v) is 11.0. The largest absolute Gasteiger partial charge is 0.497 e. The van der Waals surface area contributed by atoms with Gasteiger partial charge in [-0.05, 0) is 129 Å². The monoisotopic (exact) mass is 889 g/mol. The summed E-state index contributed by atoms with van der Waals surface area (Å²) in [5, 5.41) is 18.2. The van der Waals surface area contributed by atoms with E-state index in [9.17, 15) is 19.2 Å². The van der Waals surface area contributed by atoms with Crippen molar-refractivity contribution in [1.82, 2.24) is 5.32 Å². The molecule has 0 aliphatic heterocycles. The molecular weight excluding hydrogens is 813 g/mol. The number of ether oxygens (including phenoxy) is 5. The molecule has 4 aliphatic carbocycles. The fraction of sp³-hybridized carbons (Fsp3) is 0.729. The minimum atomic E-state index is -1.04. The highest BCUT2D eigenvalue weighted by Gasteiger charge is 2.59. The second kappa shape index (κ2) is 28.0. The van der Waals surface area contributed by atoms with E-state index in [1.54, 1.807) is 13.2 Å². The Balaban J connectivity index is 0.000000330. The van der Waals surface area contributed by atoms with Crippen LogP contribution in [-0.4, -0.2) is 101 Å². The van der Waals surface area contributed by atoms with E-state index in [4.69, 9.17) is 48.8 Å². The number of hydrogen-bond acceptors (Lipinski definition) is 12. The molecule has 1 heterocycles. The van der Waals surface area contributed by atoms with Gasteiger partial charge in [0, 0.05) is 37.4 Å². The number of aliphatic carboxylic acids is 2. The number of methoxy groups -OCH3 is 1. The minimum absolute atomic E-state index is 0.0798. The molecule has 15 nitrogen and oxygen atoms in total. The van der Waals surface area contributed by atoms with E-state index in [0.29, 0.717) is 87.8 Å². The number of nitrogens with one attached hydrogen (secondary N) is 1. The normalized spacial score (nSPS) is 25.5. The number of esters is 1. The van der Waals surface area contributed by atoms with Gasteiger partial charge in [0.05, 0.1) is 46.8 Å². The highest BCUT2D eigenvalue weighted by atomic mass is 16.6. The van der Waals surface area contributed by atoms with Gasteiger partial charge in [-0.3, -0.25) is 19.2 Å². The maximum absolute atomic E-state index is 12.3. The lowest BCUT2D eigenvalue weighted by Crippen LogP contribution is -2.52. The van der Waals surface area contributed by atoms with Gasteiger partial charge < -0.3 is 49.4 Å². The van der Waals surface area contributed by atoms with Crippen LogP contribution in [0.15, 0.2) is 33.5 Å². The van der Waals surface area contributed by atoms with Crippen LogP contribution in [0.5, 0.6) is 5.75 Å². The van der Waals surface area contributed by atoms with E-state index in [-0.39, 0.29) is 18.1 Å². The van der Waals surface area contributed by atoms with E-state index in [0.717, 1.165) is 60.3 Å². The number of benzene rings is 1. The Morgan fingerprint density at radius 2 is 1.54 bits per heavy atom. The molecule has 356 valence electrons. The van der Waals surface area contributed by atoms with Crippen LogP contribution in [0.1, 0.15) is 117 Å². The van der Waals surface area contributed by atoms with Crippen LogP contribution in [0.3, 0.4) is 0 Å². The van der Waals surface area contributed by atoms with Crippen LogP contribution in [0.25, 0.3) is 11.0 Å². The summed E-state index contributed by atoms with van der Waals surface area (Å²) in [5.74, 6) is 3.38. The third-order valence-electron chi connectivity index (χ3n) is 14.0. The lowest BCUT2D eigenvalue weighted by molar-refractivity contribution is -0.145. The third-order valence-corrected chi connectivity index (χ3v) is 14.0. The van der Waals surface area contributed by atoms with Gasteiger partial charge in [0.1, 0.15) is 24.5 Å². The summed E-state index contributed by atoms with van der Waals surface area (Å²) in [6.07, 6.45) is 18.4. The number of rotatable bonds is 20. The molecule has 1 amide bonds. The second-order valence-electron chi connectivity index (χ2n) is 17.7. The molecular formula is C48H76N2O13. The topological polar surface area (TPSA) is 223 Å². The van der Waals surface area contributed by atoms with Gasteiger partial charge in [-0.2, -0.15) is 0 Å². The van der Waals surface area contributed by atoms with Crippen LogP contribution in [0.2, 0.25) is 0 Å². The first-order valence-corrected chi connectivity index (χ1v) is 23.0. The number of aryl methyl sites for hydroxylation is 1. The first-order valence-electron chi connectivity index (χ1n) is 23.0. The van der Waals surface area contributed by atoms with E-state index < -0.39 is 11.9 Å². The standard InChI is InChI=1S/C31H55NO5.C12H12O3.C3H5NO3.C2H4O2/c1-30-14-4-3-6-24(30)9-11-26-27-12-10-25(31(27,2)15-13-28(26)30)7-5-8-29(33)37-23-22-36-21-20-35-19-18-34-17-16-32;1-3-8-6-12(13)15-11-7-9(14-2)4-5-10(8)11;5-2-4-1-3(6)7;1-2(3)4/h24-28H,3-23,32H2,1-2H3;4-7H,3H2,1-2H3;2H,1H2,(H,4,5)(H,6,7);1H3,(H,3,4). The van der Waals surface area contributed by atoms with Crippen molar-refractivity contribution in [2.24, 2.45) is 46.2 Å². The smallest absolute Gasteiger partial charge is 0.336 e. The van der Waals surface area contributed by atoms with Gasteiger partial charge in [0.15, 0.2) is 0 Å². The molecule has 4 saturated carbocycles. The van der Waals surface area contributed by atoms with E-state index >= 15 is 0 Å². The summed E-state index contributed by atoms with van der Waals surface area (Å²) < 4.78 is 31.7. The molecule has 63 heavy (non-hydrogen) atoms. The molecule has 1 aromatic heterocycles. The Bertz CT molecular complexity index is 1750. The van der Waals surface area contributed by atoms with Crippen LogP contribution in [-0.2, 0) is 44.5 Å². The molecule has 5 N–H and O–H groups in total. The molecule has 7 unspecified atom stereocenters. The minimum Gasteiger partial charge on any atom is -0.497 e. The van der Waals surface area contributed by atoms with Gasteiger partial charge >= 0.3 is 17.6 Å². The van der Waals surface area contributed by atoms with Crippen molar-refractivity contribution in [2.45, 2.75) is 118 Å². The second-order valence-corrected chi connectivity index (χ2v) is 17.7. The van der Waals surface area contributed by atoms with Crippen molar-refractivity contribution in [3.05, 3.63) is 40.2 Å². The summed E-state index contributed by atoms with van der Waals surface area (Å²) in [6.45, 7) is 12.0. The Morgan fingerprint density at radius 1 is 0.873 bits per heavy atom. The van der Waals surface area contributed by atoms with Gasteiger partial charge in [0.25, 0.3) is 5.97 Å². The Labute approximate surface area is 373 Å². The number of amides is 1. The Kier molecular flexibility index (Phi) is 23.7. The first kappa shape index (κ1) is 53.3. The summed E-state index contributed by atoms with van der Waals surface area (Å²) >= 11 is 0. The number of carbonyl (C=O) groups excluding carboxylic acids is 2. The molecule has 0 radical (unpaired) electrons. The van der Waals surface area contributed by atoms with Crippen molar-refractivity contribution in [2.75, 3.05) is 66.4 Å². The van der Waals surface area contributed by atoms with Crippen LogP contribution in [0.4, 0.5) is 0 Å². The van der Waals surface area contributed by atoms with Crippen LogP contribution < -0.4 is 21.4 Å². The number of hydrogen-bond donors (Lipinski definition) is 4. The molecule has 1 aromatic carbocycles. The van der Waals surface area contributed by atoms with Crippen LogP contribution in [0, 0.1) is 40.4 Å². The molecule has 0 bridgehead atoms. The summed E-state index contributed by atoms with van der Waals surface area (Å²) in [4.78, 5) is 51.4. The van der Waals surface area contributed by atoms with Crippen molar-refractivity contribution in [3.8, 4) is 5.75 Å². The van der Waals surface area contributed by atoms with E-state index in [2.05, 4.69) is 13.8 Å². The quantitative estimate of drug-likeness (QED) is 0.0454. The SMILES string of the molecule is CC(=O)O.CC12CCCCC1CCC1C2CCC2(C)C(CCCC(=O)OCCOCCOCCOCCN)CCC12.CCc1cc(=O)oc2cc(OC)ccc12.O=CNCC(=O)O. The highest BCUT2D eigenvalue weighted by Crippen LogP contribution is 2.67. The zero-order valence-corrected chi connectivity index (χ0v) is 38.5. The molecule has 4 fully saturated rings. The number of carboxylic acids is 2. The first-order chi connectivity index (χ1) is 30.2. The average molecular weight is 889 g/mol. The van der Waals surface area contributed by atoms with Gasteiger partial charge in [0.2, 0.25) is 6.41 Å². The zero-order valence-electron chi connectivity index (χ0n) is 38.5. The van der Waals surface area contributed by atoms with Gasteiger partial charge in [-0.1, -0.05) is 33.6 Å². The average Bonchev–Trinajstić information content (AvgIpc) is 3.60. The molecule has 0 spiro atoms. The lowest BCUT2D eigenvalue weighted by Gasteiger charge is -2.60. The van der Waals surface area contributed by atoms with Crippen LogP contribution >= 0.6 is 0 Å². The van der Waals surface area contributed by atoms with Gasteiger partial charge in [-0.25, -0.2) is 4.79 Å². The number of carbonyl (C=O) groups is 4. The molecule has 7 atom stereocenters. The molecule has 6 rings (SSSR count). The third kappa shape index (κ3) is 16.8. The maximum atomic E-state index is 12.3. The fourth-order valence-electron chi connectivity index (χ4n) is 11.0. The lowest BCUT2D eigenvalue weighted by atomic mass is 9.45. The molecule has 15 heteroatoms. The summed E-state index contributed by atoms with van der Waals surface area (Å²) in [7, 11) is 1.59. The van der Waals surface area contributed by atoms with Crippen molar-refractivity contribution < 1.29 is 57.5 Å². The predicted molar refractivity (Wildman–Crippen MR) is 240 cm³/mol. The Morgan fingerprint density at radius 3 is 2.16 bits per heavy atom. The van der Waals surface area contributed by atoms with E-state index in [1.807, 2.05) is 24.4 Å².